The van der Waals surface area contributed by atoms with Crippen molar-refractivity contribution in [2.75, 3.05) is 11.6 Å². The standard InChI is InChI=1S/C18H16N6O2S/c19-11-27(25,26)13-7-5-12(6-8-13)24-17(14-3-1-9-21-16(14)20)23-15-4-2-10-22-18(15)24/h1-10H,11,19H2,(H2,20,21). The Balaban J connectivity index is 1.96. The van der Waals surface area contributed by atoms with Crippen LogP contribution in [-0.2, 0) is 9.84 Å². The van der Waals surface area contributed by atoms with Gasteiger partial charge in [0.05, 0.1) is 10.5 Å². The molecule has 0 spiro atoms. The van der Waals surface area contributed by atoms with E-state index in [-0.39, 0.29) is 4.90 Å². The lowest BCUT2D eigenvalue weighted by Crippen LogP contribution is -2.14. The topological polar surface area (TPSA) is 130 Å². The van der Waals surface area contributed by atoms with Crippen molar-refractivity contribution in [3.63, 3.8) is 0 Å². The van der Waals surface area contributed by atoms with Crippen LogP contribution in [0.1, 0.15) is 0 Å². The van der Waals surface area contributed by atoms with Crippen molar-refractivity contribution in [1.82, 2.24) is 19.5 Å². The van der Waals surface area contributed by atoms with Gasteiger partial charge in [0.1, 0.15) is 17.2 Å². The zero-order valence-corrected chi connectivity index (χ0v) is 15.0. The van der Waals surface area contributed by atoms with Gasteiger partial charge < -0.3 is 11.5 Å². The first-order valence-corrected chi connectivity index (χ1v) is 9.74. The third-order valence-corrected chi connectivity index (χ3v) is 5.60. The van der Waals surface area contributed by atoms with E-state index in [9.17, 15) is 8.42 Å². The van der Waals surface area contributed by atoms with Gasteiger partial charge in [0.2, 0.25) is 0 Å². The lowest BCUT2D eigenvalue weighted by Gasteiger charge is -2.11. The second kappa shape index (κ2) is 6.45. The van der Waals surface area contributed by atoms with Gasteiger partial charge >= 0.3 is 0 Å². The molecule has 0 fully saturated rings. The molecular weight excluding hydrogens is 364 g/mol. The Hall–Kier alpha value is -3.30. The van der Waals surface area contributed by atoms with Crippen LogP contribution in [0.15, 0.2) is 65.8 Å². The van der Waals surface area contributed by atoms with Crippen LogP contribution in [-0.4, -0.2) is 33.8 Å². The number of nitrogens with two attached hydrogens (primary N) is 2. The molecule has 9 heteroatoms. The maximum Gasteiger partial charge on any atom is 0.191 e. The van der Waals surface area contributed by atoms with Crippen LogP contribution in [0.2, 0.25) is 0 Å². The van der Waals surface area contributed by atoms with Crippen molar-refractivity contribution in [3.05, 3.63) is 60.9 Å². The molecule has 0 aliphatic heterocycles. The normalized spacial score (nSPS) is 11.7. The number of fused-ring (bicyclic) bond motifs is 1. The highest BCUT2D eigenvalue weighted by Crippen LogP contribution is 2.30. The largest absolute Gasteiger partial charge is 0.383 e. The van der Waals surface area contributed by atoms with Gasteiger partial charge in [0.15, 0.2) is 21.3 Å². The SMILES string of the molecule is NCS(=O)(=O)c1ccc(-n2c(-c3cccnc3N)nc3cccnc32)cc1. The maximum absolute atomic E-state index is 12.0. The van der Waals surface area contributed by atoms with E-state index < -0.39 is 15.7 Å². The molecule has 0 saturated heterocycles. The molecule has 3 aromatic heterocycles. The molecule has 4 aromatic rings. The van der Waals surface area contributed by atoms with E-state index in [1.807, 2.05) is 16.7 Å². The minimum atomic E-state index is -3.49. The van der Waals surface area contributed by atoms with Gasteiger partial charge in [-0.2, -0.15) is 0 Å². The lowest BCUT2D eigenvalue weighted by atomic mass is 10.2. The highest BCUT2D eigenvalue weighted by atomic mass is 32.2. The number of rotatable bonds is 4. The van der Waals surface area contributed by atoms with Crippen LogP contribution in [0, 0.1) is 0 Å². The zero-order chi connectivity index (χ0) is 19.0. The summed E-state index contributed by atoms with van der Waals surface area (Å²) in [5, 5.41) is 0. The van der Waals surface area contributed by atoms with Crippen molar-refractivity contribution in [2.45, 2.75) is 4.90 Å². The molecule has 4 N–H and O–H groups in total. The predicted molar refractivity (Wildman–Crippen MR) is 103 cm³/mol. The fraction of sp³-hybridized carbons (Fsp3) is 0.0556. The van der Waals surface area contributed by atoms with Crippen LogP contribution in [0.4, 0.5) is 5.82 Å². The third-order valence-electron chi connectivity index (χ3n) is 4.17. The van der Waals surface area contributed by atoms with E-state index in [1.54, 1.807) is 36.7 Å². The van der Waals surface area contributed by atoms with Crippen LogP contribution in [0.5, 0.6) is 0 Å². The maximum atomic E-state index is 12.0. The lowest BCUT2D eigenvalue weighted by molar-refractivity contribution is 0.596. The van der Waals surface area contributed by atoms with Gasteiger partial charge in [-0.1, -0.05) is 0 Å². The van der Waals surface area contributed by atoms with E-state index in [4.69, 9.17) is 11.5 Å². The van der Waals surface area contributed by atoms with Crippen molar-refractivity contribution >= 4 is 26.8 Å². The second-order valence-corrected chi connectivity index (χ2v) is 7.86. The van der Waals surface area contributed by atoms with Gasteiger partial charge in [-0.25, -0.2) is 23.4 Å². The number of nitrogen functional groups attached to an aromatic ring is 1. The Kier molecular flexibility index (Phi) is 4.09. The Labute approximate surface area is 155 Å². The first-order valence-electron chi connectivity index (χ1n) is 8.09. The first-order chi connectivity index (χ1) is 13.0. The minimum Gasteiger partial charge on any atom is -0.383 e. The second-order valence-electron chi connectivity index (χ2n) is 5.83. The average molecular weight is 380 g/mol. The van der Waals surface area contributed by atoms with Gasteiger partial charge in [0.25, 0.3) is 0 Å². The Morgan fingerprint density at radius 2 is 1.67 bits per heavy atom. The summed E-state index contributed by atoms with van der Waals surface area (Å²) >= 11 is 0. The molecule has 4 rings (SSSR count). The molecule has 0 amide bonds. The van der Waals surface area contributed by atoms with Crippen molar-refractivity contribution in [3.8, 4) is 17.1 Å². The molecule has 0 bridgehead atoms. The Bertz CT molecular complexity index is 1230. The van der Waals surface area contributed by atoms with E-state index >= 15 is 0 Å². The quantitative estimate of drug-likeness (QED) is 0.551. The molecule has 0 saturated carbocycles. The van der Waals surface area contributed by atoms with Crippen molar-refractivity contribution in [1.29, 1.82) is 0 Å². The number of sulfone groups is 1. The van der Waals surface area contributed by atoms with E-state index in [0.29, 0.717) is 34.1 Å². The number of hydrogen-bond acceptors (Lipinski definition) is 7. The smallest absolute Gasteiger partial charge is 0.191 e. The predicted octanol–water partition coefficient (Wildman–Crippen LogP) is 1.75. The summed E-state index contributed by atoms with van der Waals surface area (Å²) in [6.07, 6.45) is 3.28. The molecule has 0 radical (unpaired) electrons. The molecule has 0 aliphatic carbocycles. The number of nitrogens with zero attached hydrogens (tertiary/aromatic N) is 4. The third kappa shape index (κ3) is 2.92. The van der Waals surface area contributed by atoms with E-state index in [2.05, 4.69) is 15.0 Å². The summed E-state index contributed by atoms with van der Waals surface area (Å²) in [5.74, 6) is 0.472. The summed E-state index contributed by atoms with van der Waals surface area (Å²) in [7, 11) is -3.49. The fourth-order valence-corrected chi connectivity index (χ4v) is 3.59. The van der Waals surface area contributed by atoms with Gasteiger partial charge in [-0.05, 0) is 48.5 Å². The fourth-order valence-electron chi connectivity index (χ4n) is 2.84. The molecule has 27 heavy (non-hydrogen) atoms. The number of benzene rings is 1. The van der Waals surface area contributed by atoms with E-state index in [0.717, 1.165) is 0 Å². The molecule has 136 valence electrons. The summed E-state index contributed by atoms with van der Waals surface area (Å²) in [6.45, 7) is 0. The van der Waals surface area contributed by atoms with Crippen LogP contribution < -0.4 is 11.5 Å². The van der Waals surface area contributed by atoms with Crippen molar-refractivity contribution < 1.29 is 8.42 Å². The number of imidazole rings is 1. The molecule has 8 nitrogen and oxygen atoms in total. The first kappa shape index (κ1) is 17.1. The minimum absolute atomic E-state index is 0.161. The highest BCUT2D eigenvalue weighted by molar-refractivity contribution is 7.91. The molecular formula is C18H16N6O2S. The molecule has 0 unspecified atom stereocenters. The summed E-state index contributed by atoms with van der Waals surface area (Å²) in [4.78, 5) is 13.4. The number of aromatic nitrogens is 4. The molecule has 3 heterocycles. The summed E-state index contributed by atoms with van der Waals surface area (Å²) in [6, 6.07) is 13.7. The van der Waals surface area contributed by atoms with Gasteiger partial charge in [0, 0.05) is 18.1 Å². The number of anilines is 1. The Morgan fingerprint density at radius 3 is 2.37 bits per heavy atom. The molecule has 1 aromatic carbocycles. The zero-order valence-electron chi connectivity index (χ0n) is 14.1. The summed E-state index contributed by atoms with van der Waals surface area (Å²) in [5.41, 5.74) is 14.1. The van der Waals surface area contributed by atoms with Crippen molar-refractivity contribution in [2.24, 2.45) is 5.73 Å². The van der Waals surface area contributed by atoms with Crippen LogP contribution >= 0.6 is 0 Å². The number of hydrogen-bond donors (Lipinski definition) is 2. The number of pyridine rings is 2. The van der Waals surface area contributed by atoms with E-state index in [1.165, 1.54) is 12.1 Å². The Morgan fingerprint density at radius 1 is 0.963 bits per heavy atom. The van der Waals surface area contributed by atoms with Gasteiger partial charge in [-0.15, -0.1) is 0 Å². The van der Waals surface area contributed by atoms with Crippen LogP contribution in [0.25, 0.3) is 28.2 Å². The summed E-state index contributed by atoms with van der Waals surface area (Å²) < 4.78 is 25.7. The average Bonchev–Trinajstić information content (AvgIpc) is 3.07. The highest BCUT2D eigenvalue weighted by Gasteiger charge is 2.18. The molecule has 0 aliphatic rings. The van der Waals surface area contributed by atoms with Crippen LogP contribution in [0.3, 0.4) is 0 Å². The monoisotopic (exact) mass is 380 g/mol. The molecule has 0 atom stereocenters. The van der Waals surface area contributed by atoms with Gasteiger partial charge in [-0.3, -0.25) is 4.57 Å².